The molecule has 0 amide bonds. The van der Waals surface area contributed by atoms with Crippen molar-refractivity contribution >= 4 is 11.5 Å². The van der Waals surface area contributed by atoms with Crippen LogP contribution in [0.15, 0.2) is 52.6 Å². The molecule has 1 aromatic heterocycles. The number of ether oxygens (including phenoxy) is 1. The fourth-order valence-corrected chi connectivity index (χ4v) is 7.41. The van der Waals surface area contributed by atoms with Gasteiger partial charge in [-0.25, -0.2) is 0 Å². The first-order valence-electron chi connectivity index (χ1n) is 11.8. The molecule has 1 N–H and O–H groups in total. The van der Waals surface area contributed by atoms with Crippen LogP contribution in [0, 0.1) is 35.0 Å². The molecule has 6 nitrogen and oxygen atoms in total. The third-order valence-corrected chi connectivity index (χ3v) is 8.67. The van der Waals surface area contributed by atoms with Gasteiger partial charge in [-0.2, -0.15) is 0 Å². The zero-order valence-corrected chi connectivity index (χ0v) is 19.5. The van der Waals surface area contributed by atoms with Crippen LogP contribution < -0.4 is 4.74 Å². The number of carbonyl (C=O) groups excluding carboxylic acids is 1. The van der Waals surface area contributed by atoms with Crippen LogP contribution in [0.2, 0.25) is 0 Å². The molecule has 0 spiro atoms. The molecular formula is C27H30N2O4. The second-order valence-electron chi connectivity index (χ2n) is 10.7. The monoisotopic (exact) mass is 446 g/mol. The molecule has 1 heterocycles. The van der Waals surface area contributed by atoms with Gasteiger partial charge in [0.15, 0.2) is 11.5 Å². The van der Waals surface area contributed by atoms with Crippen molar-refractivity contribution < 1.29 is 19.2 Å². The molecule has 4 aliphatic carbocycles. The number of benzene rings is 1. The Labute approximate surface area is 193 Å². The number of Topliss-reactive ketones (excluding diaryl/α,β-unsaturated/α-hetero) is 1. The average molecular weight is 447 g/mol. The van der Waals surface area contributed by atoms with Gasteiger partial charge in [-0.05, 0) is 54.9 Å². The van der Waals surface area contributed by atoms with Crippen molar-refractivity contribution in [3.8, 4) is 5.88 Å². The quantitative estimate of drug-likeness (QED) is 0.680. The molecule has 6 heteroatoms. The minimum Gasteiger partial charge on any atom is -0.507 e. The topological polar surface area (TPSA) is 75.8 Å². The Morgan fingerprint density at radius 3 is 2.67 bits per heavy atom. The lowest BCUT2D eigenvalue weighted by Gasteiger charge is -2.50. The van der Waals surface area contributed by atoms with Crippen LogP contribution in [0.4, 0.5) is 0 Å². The Balaban J connectivity index is 1.45. The van der Waals surface area contributed by atoms with Crippen LogP contribution in [-0.2, 0) is 11.4 Å². The summed E-state index contributed by atoms with van der Waals surface area (Å²) in [6.45, 7) is 4.67. The standard InChI is InChI=1S/C27H30N2O4/c1-14-16-10-11-17(14)19-18(16)12-27(2)21(22(19)30)23(31)20-24(25(27)29(3)4)33-28-26(20)32-13-15-8-6-5-7-9-15/h5-11,14,16-19,25,31H,12-13H2,1-4H3/t14?,16-,17+,18-,19+,25-,27+/m0/s1. The molecule has 33 heavy (non-hydrogen) atoms. The van der Waals surface area contributed by atoms with Crippen LogP contribution in [0.3, 0.4) is 0 Å². The third-order valence-electron chi connectivity index (χ3n) is 8.67. The van der Waals surface area contributed by atoms with Crippen molar-refractivity contribution in [2.24, 2.45) is 35.0 Å². The molecule has 1 aromatic carbocycles. The highest BCUT2D eigenvalue weighted by molar-refractivity contribution is 6.07. The van der Waals surface area contributed by atoms with Gasteiger partial charge in [-0.1, -0.05) is 56.3 Å². The maximum Gasteiger partial charge on any atom is 0.265 e. The third kappa shape index (κ3) is 2.70. The van der Waals surface area contributed by atoms with Crippen molar-refractivity contribution in [3.05, 3.63) is 64.9 Å². The average Bonchev–Trinajstić information content (AvgIpc) is 3.43. The van der Waals surface area contributed by atoms with E-state index in [0.29, 0.717) is 41.3 Å². The summed E-state index contributed by atoms with van der Waals surface area (Å²) >= 11 is 0. The van der Waals surface area contributed by atoms with E-state index in [9.17, 15) is 9.90 Å². The number of aromatic nitrogens is 1. The van der Waals surface area contributed by atoms with Crippen molar-refractivity contribution in [2.75, 3.05) is 14.1 Å². The molecule has 0 radical (unpaired) electrons. The van der Waals surface area contributed by atoms with Gasteiger partial charge >= 0.3 is 0 Å². The second-order valence-corrected chi connectivity index (χ2v) is 10.7. The zero-order chi connectivity index (χ0) is 23.1. The number of ketones is 1. The molecule has 2 fully saturated rings. The fraction of sp³-hybridized carbons (Fsp3) is 0.481. The molecule has 2 aromatic rings. The lowest BCUT2D eigenvalue weighted by molar-refractivity contribution is -0.127. The maximum atomic E-state index is 14.0. The summed E-state index contributed by atoms with van der Waals surface area (Å²) < 4.78 is 11.8. The van der Waals surface area contributed by atoms with Crippen molar-refractivity contribution in [3.63, 3.8) is 0 Å². The minimum atomic E-state index is -0.562. The van der Waals surface area contributed by atoms with Crippen LogP contribution in [0.1, 0.15) is 43.2 Å². The van der Waals surface area contributed by atoms with E-state index in [0.717, 1.165) is 12.0 Å². The molecule has 2 saturated carbocycles. The summed E-state index contributed by atoms with van der Waals surface area (Å²) in [6.07, 6.45) is 5.37. The van der Waals surface area contributed by atoms with Gasteiger partial charge in [0.2, 0.25) is 0 Å². The SMILES string of the molecule is CC1[C@H]2C=C[C@@H]1[C@@H]1C[C@]3(C)C(=C(O)c4c(OCc5ccccc5)noc4[C@@H]3N(C)C)C(=O)[C@@H]12. The van der Waals surface area contributed by atoms with E-state index in [1.54, 1.807) is 0 Å². The Morgan fingerprint density at radius 2 is 1.94 bits per heavy atom. The number of rotatable bonds is 4. The molecule has 172 valence electrons. The van der Waals surface area contributed by atoms with Gasteiger partial charge in [0.25, 0.3) is 5.88 Å². The fourth-order valence-electron chi connectivity index (χ4n) is 7.41. The number of hydrogen-bond acceptors (Lipinski definition) is 6. The van der Waals surface area contributed by atoms with E-state index in [4.69, 9.17) is 9.26 Å². The van der Waals surface area contributed by atoms with E-state index in [1.807, 2.05) is 44.4 Å². The summed E-state index contributed by atoms with van der Waals surface area (Å²) in [6, 6.07) is 9.58. The number of aliphatic hydroxyl groups is 1. The molecule has 0 saturated heterocycles. The highest BCUT2D eigenvalue weighted by Crippen LogP contribution is 2.66. The van der Waals surface area contributed by atoms with E-state index in [-0.39, 0.29) is 35.3 Å². The first-order chi connectivity index (χ1) is 15.8. The summed E-state index contributed by atoms with van der Waals surface area (Å²) in [5.74, 6) is 2.27. The van der Waals surface area contributed by atoms with Crippen molar-refractivity contribution in [1.29, 1.82) is 0 Å². The van der Waals surface area contributed by atoms with Gasteiger partial charge in [0, 0.05) is 16.9 Å². The van der Waals surface area contributed by atoms with Crippen molar-refractivity contribution in [2.45, 2.75) is 32.9 Å². The van der Waals surface area contributed by atoms with Gasteiger partial charge in [0.05, 0.1) is 6.04 Å². The molecule has 2 bridgehead atoms. The van der Waals surface area contributed by atoms with Crippen molar-refractivity contribution in [1.82, 2.24) is 10.1 Å². The molecule has 6 rings (SSSR count). The number of aliphatic hydroxyl groups excluding tert-OH is 1. The molecule has 1 unspecified atom stereocenters. The number of allylic oxidation sites excluding steroid dienone is 2. The molecular weight excluding hydrogens is 416 g/mol. The second kappa shape index (κ2) is 7.07. The Morgan fingerprint density at radius 1 is 1.21 bits per heavy atom. The Hall–Kier alpha value is -2.86. The summed E-state index contributed by atoms with van der Waals surface area (Å²) in [7, 11) is 3.99. The lowest BCUT2D eigenvalue weighted by Crippen LogP contribution is -2.50. The van der Waals surface area contributed by atoms with Gasteiger partial charge in [-0.3, -0.25) is 9.69 Å². The summed E-state index contributed by atoms with van der Waals surface area (Å²) in [5, 5.41) is 15.8. The van der Waals surface area contributed by atoms with E-state index < -0.39 is 5.41 Å². The molecule has 0 aliphatic heterocycles. The Bertz CT molecular complexity index is 1180. The normalized spacial score (nSPS) is 36.2. The molecule has 7 atom stereocenters. The van der Waals surface area contributed by atoms with Gasteiger partial charge in [0.1, 0.15) is 17.9 Å². The van der Waals surface area contributed by atoms with Gasteiger partial charge in [-0.15, -0.1) is 0 Å². The minimum absolute atomic E-state index is 0.0160. The highest BCUT2D eigenvalue weighted by Gasteiger charge is 2.64. The number of nitrogens with zero attached hydrogens (tertiary/aromatic N) is 2. The molecule has 4 aliphatic rings. The van der Waals surface area contributed by atoms with Crippen LogP contribution >= 0.6 is 0 Å². The first kappa shape index (κ1) is 20.7. The van der Waals surface area contributed by atoms with Crippen LogP contribution in [0.5, 0.6) is 5.88 Å². The first-order valence-corrected chi connectivity index (χ1v) is 11.8. The largest absolute Gasteiger partial charge is 0.507 e. The van der Waals surface area contributed by atoms with E-state index in [1.165, 1.54) is 0 Å². The maximum absolute atomic E-state index is 14.0. The smallest absolute Gasteiger partial charge is 0.265 e. The number of hydrogen-bond donors (Lipinski definition) is 1. The number of fused-ring (bicyclic) bond motifs is 7. The number of carbonyl (C=O) groups is 1. The predicted molar refractivity (Wildman–Crippen MR) is 123 cm³/mol. The van der Waals surface area contributed by atoms with E-state index in [2.05, 4.69) is 36.1 Å². The summed E-state index contributed by atoms with van der Waals surface area (Å²) in [5.41, 5.74) is 1.38. The Kier molecular flexibility index (Phi) is 4.44. The van der Waals surface area contributed by atoms with Gasteiger partial charge < -0.3 is 14.4 Å². The predicted octanol–water partition coefficient (Wildman–Crippen LogP) is 4.80. The lowest BCUT2D eigenvalue weighted by atomic mass is 9.55. The summed E-state index contributed by atoms with van der Waals surface area (Å²) in [4.78, 5) is 16.1. The van der Waals surface area contributed by atoms with Crippen LogP contribution in [0.25, 0.3) is 5.76 Å². The van der Waals surface area contributed by atoms with Crippen LogP contribution in [-0.4, -0.2) is 35.0 Å². The van der Waals surface area contributed by atoms with E-state index >= 15 is 0 Å². The zero-order valence-electron chi connectivity index (χ0n) is 19.5. The highest BCUT2D eigenvalue weighted by atomic mass is 16.5.